The van der Waals surface area contributed by atoms with Gasteiger partial charge in [0.05, 0.1) is 18.1 Å². The number of benzene rings is 2. The fraction of sp³-hybridized carbons (Fsp3) is 0.278. The van der Waals surface area contributed by atoms with E-state index in [4.69, 9.17) is 9.84 Å². The third kappa shape index (κ3) is 5.01. The molecule has 0 bridgehead atoms. The molecule has 0 aliphatic rings. The summed E-state index contributed by atoms with van der Waals surface area (Å²) in [5.74, 6) is 0.854. The average molecular weight is 396 g/mol. The molecule has 0 fully saturated rings. The van der Waals surface area contributed by atoms with E-state index in [2.05, 4.69) is 17.6 Å². The van der Waals surface area contributed by atoms with Crippen LogP contribution in [0.25, 0.3) is 10.2 Å². The third-order valence-corrected chi connectivity index (χ3v) is 5.66. The molecule has 1 N–H and O–H groups in total. The Morgan fingerprint density at radius 3 is 2.35 bits per heavy atom. The highest BCUT2D eigenvalue weighted by Crippen LogP contribution is 2.24. The largest absolute Gasteiger partial charge is 0.744 e. The first-order chi connectivity index (χ1) is 12.3. The molecule has 0 spiro atoms. The number of hydrogen-bond donors (Lipinski definition) is 1. The highest BCUT2D eigenvalue weighted by Gasteiger charge is 2.16. The second kappa shape index (κ2) is 8.59. The number of aryl methyl sites for hydroxylation is 2. The molecule has 2 aromatic carbocycles. The molecule has 0 saturated heterocycles. The van der Waals surface area contributed by atoms with Gasteiger partial charge in [0, 0.05) is 6.92 Å². The number of aliphatic hydroxyl groups is 1. The van der Waals surface area contributed by atoms with E-state index >= 15 is 0 Å². The zero-order valence-electron chi connectivity index (χ0n) is 14.8. The summed E-state index contributed by atoms with van der Waals surface area (Å²) in [4.78, 5) is -0.178. The summed E-state index contributed by atoms with van der Waals surface area (Å²) >= 11 is 1.73. The maximum absolute atomic E-state index is 10.4. The second-order valence-corrected chi connectivity index (χ2v) is 8.21. The number of aliphatic hydroxyl groups excluding tert-OH is 1. The molecule has 3 aromatic rings. The van der Waals surface area contributed by atoms with Crippen LogP contribution in [0.4, 0.5) is 0 Å². The molecule has 3 rings (SSSR count). The Bertz CT molecular complexity index is 979. The fourth-order valence-electron chi connectivity index (χ4n) is 2.39. The molecule has 0 aliphatic heterocycles. The Hall–Kier alpha value is -2.00. The lowest BCUT2D eigenvalue weighted by molar-refractivity contribution is -0.674. The molecule has 1 aromatic heterocycles. The van der Waals surface area contributed by atoms with Crippen molar-refractivity contribution >= 4 is 31.7 Å². The Kier molecular flexibility index (Phi) is 6.71. The molecule has 26 heavy (non-hydrogen) atoms. The molecule has 0 saturated carbocycles. The number of ether oxygens (including phenoxy) is 1. The molecule has 6 nitrogen and oxygen atoms in total. The molecular formula is C18H21NO5S2. The van der Waals surface area contributed by atoms with Crippen molar-refractivity contribution in [2.45, 2.75) is 25.3 Å². The SMILES string of the molecule is COc1ccc2sc(C)[n+](CCO)c2c1.Cc1ccc(S(=O)(=O)[O-])cc1. The minimum absolute atomic E-state index is 0.161. The van der Waals surface area contributed by atoms with Crippen molar-refractivity contribution in [3.05, 3.63) is 53.0 Å². The quantitative estimate of drug-likeness (QED) is 0.541. The van der Waals surface area contributed by atoms with E-state index in [0.29, 0.717) is 6.54 Å². The summed E-state index contributed by atoms with van der Waals surface area (Å²) in [5, 5.41) is 10.2. The average Bonchev–Trinajstić information content (AvgIpc) is 2.90. The van der Waals surface area contributed by atoms with E-state index < -0.39 is 10.1 Å². The van der Waals surface area contributed by atoms with Gasteiger partial charge in [0.25, 0.3) is 0 Å². The highest BCUT2D eigenvalue weighted by molar-refractivity contribution is 7.85. The summed E-state index contributed by atoms with van der Waals surface area (Å²) in [6.07, 6.45) is 0. The Morgan fingerprint density at radius 1 is 1.15 bits per heavy atom. The first-order valence-corrected chi connectivity index (χ1v) is 10.1. The van der Waals surface area contributed by atoms with Crippen LogP contribution in [0.3, 0.4) is 0 Å². The lowest BCUT2D eigenvalue weighted by atomic mass is 10.2. The van der Waals surface area contributed by atoms with Gasteiger partial charge in [-0.05, 0) is 31.2 Å². The summed E-state index contributed by atoms with van der Waals surface area (Å²) in [6, 6.07) is 11.8. The number of rotatable bonds is 4. The molecule has 1 heterocycles. The van der Waals surface area contributed by atoms with E-state index in [1.54, 1.807) is 30.6 Å². The minimum atomic E-state index is -4.27. The lowest BCUT2D eigenvalue weighted by Crippen LogP contribution is -2.36. The number of hydrogen-bond acceptors (Lipinski definition) is 6. The van der Waals surface area contributed by atoms with Crippen LogP contribution >= 0.6 is 11.3 Å². The number of aromatic nitrogens is 1. The van der Waals surface area contributed by atoms with Gasteiger partial charge in [-0.25, -0.2) is 8.42 Å². The maximum atomic E-state index is 10.4. The van der Waals surface area contributed by atoms with Crippen molar-refractivity contribution < 1.29 is 27.4 Å². The smallest absolute Gasteiger partial charge is 0.235 e. The summed E-state index contributed by atoms with van der Waals surface area (Å²) in [5.41, 5.74) is 2.06. The van der Waals surface area contributed by atoms with Crippen LogP contribution < -0.4 is 9.30 Å². The molecule has 140 valence electrons. The van der Waals surface area contributed by atoms with E-state index in [1.807, 2.05) is 19.1 Å². The number of fused-ring (bicyclic) bond motifs is 1. The molecule has 0 amide bonds. The van der Waals surface area contributed by atoms with Gasteiger partial charge in [0.2, 0.25) is 10.5 Å². The monoisotopic (exact) mass is 395 g/mol. The predicted octanol–water partition coefficient (Wildman–Crippen LogP) is 2.40. The topological polar surface area (TPSA) is 90.5 Å². The normalized spacial score (nSPS) is 11.1. The molecular weight excluding hydrogens is 374 g/mol. The van der Waals surface area contributed by atoms with Crippen LogP contribution in [0.1, 0.15) is 10.6 Å². The van der Waals surface area contributed by atoms with E-state index in [9.17, 15) is 13.0 Å². The van der Waals surface area contributed by atoms with Gasteiger partial charge in [0.15, 0.2) is 6.54 Å². The molecule has 0 atom stereocenters. The summed E-state index contributed by atoms with van der Waals surface area (Å²) < 4.78 is 39.7. The standard InChI is InChI=1S/C11H14NO2S.C7H8O3S/c1-8-12(5-6-13)10-7-9(14-2)3-4-11(10)15-8;1-6-2-4-7(5-3-6)11(8,9)10/h3-4,7,13H,5-6H2,1-2H3;2-5H,1H3,(H,8,9,10)/q+1;/p-1. The van der Waals surface area contributed by atoms with Crippen molar-refractivity contribution in [3.63, 3.8) is 0 Å². The number of thiazole rings is 1. The van der Waals surface area contributed by atoms with Crippen LogP contribution in [0.15, 0.2) is 47.4 Å². The van der Waals surface area contributed by atoms with Crippen molar-refractivity contribution in [3.8, 4) is 5.75 Å². The van der Waals surface area contributed by atoms with Gasteiger partial charge in [-0.2, -0.15) is 4.57 Å². The van der Waals surface area contributed by atoms with E-state index in [1.165, 1.54) is 21.8 Å². The zero-order chi connectivity index (χ0) is 19.3. The molecule has 0 unspecified atom stereocenters. The van der Waals surface area contributed by atoms with Crippen molar-refractivity contribution in [1.82, 2.24) is 0 Å². The zero-order valence-corrected chi connectivity index (χ0v) is 16.4. The number of nitrogens with zero attached hydrogens (tertiary/aromatic N) is 1. The van der Waals surface area contributed by atoms with Crippen LogP contribution in [0.2, 0.25) is 0 Å². The lowest BCUT2D eigenvalue weighted by Gasteiger charge is -2.05. The van der Waals surface area contributed by atoms with E-state index in [0.717, 1.165) is 16.8 Å². The van der Waals surface area contributed by atoms with Gasteiger partial charge in [-0.3, -0.25) is 0 Å². The number of methoxy groups -OCH3 is 1. The highest BCUT2D eigenvalue weighted by atomic mass is 32.2. The minimum Gasteiger partial charge on any atom is -0.744 e. The van der Waals surface area contributed by atoms with Crippen LogP contribution in [-0.4, -0.2) is 31.8 Å². The Balaban J connectivity index is 0.000000197. The summed E-state index contributed by atoms with van der Waals surface area (Å²) in [6.45, 7) is 4.68. The molecule has 0 radical (unpaired) electrons. The van der Waals surface area contributed by atoms with Crippen LogP contribution in [0.5, 0.6) is 5.75 Å². The Morgan fingerprint density at radius 2 is 1.81 bits per heavy atom. The molecule has 8 heteroatoms. The van der Waals surface area contributed by atoms with Crippen molar-refractivity contribution in [2.75, 3.05) is 13.7 Å². The van der Waals surface area contributed by atoms with Crippen LogP contribution in [-0.2, 0) is 16.7 Å². The van der Waals surface area contributed by atoms with Crippen molar-refractivity contribution in [1.29, 1.82) is 0 Å². The maximum Gasteiger partial charge on any atom is 0.235 e. The first kappa shape index (κ1) is 20.3. The van der Waals surface area contributed by atoms with Gasteiger partial charge in [0.1, 0.15) is 27.2 Å². The van der Waals surface area contributed by atoms with Gasteiger partial charge in [-0.1, -0.05) is 29.0 Å². The predicted molar refractivity (Wildman–Crippen MR) is 99.5 cm³/mol. The Labute approximate surface area is 157 Å². The fourth-order valence-corrected chi connectivity index (χ4v) is 3.89. The van der Waals surface area contributed by atoms with Gasteiger partial charge < -0.3 is 14.4 Å². The first-order valence-electron chi connectivity index (χ1n) is 7.86. The van der Waals surface area contributed by atoms with E-state index in [-0.39, 0.29) is 11.5 Å². The second-order valence-electron chi connectivity index (χ2n) is 5.60. The van der Waals surface area contributed by atoms with Gasteiger partial charge >= 0.3 is 0 Å². The summed E-state index contributed by atoms with van der Waals surface area (Å²) in [7, 11) is -2.61. The van der Waals surface area contributed by atoms with Crippen molar-refractivity contribution in [2.24, 2.45) is 0 Å². The van der Waals surface area contributed by atoms with Crippen LogP contribution in [0, 0.1) is 13.8 Å². The molecule has 0 aliphatic carbocycles. The van der Waals surface area contributed by atoms with Gasteiger partial charge in [-0.15, -0.1) is 0 Å². The third-order valence-electron chi connectivity index (χ3n) is 3.73.